The first kappa shape index (κ1) is 12.4. The van der Waals surface area contributed by atoms with Crippen LogP contribution in [0.2, 0.25) is 0 Å². The van der Waals surface area contributed by atoms with Crippen LogP contribution >= 0.6 is 0 Å². The van der Waals surface area contributed by atoms with Crippen LogP contribution in [0, 0.1) is 0 Å². The number of rotatable bonds is 2. The number of hydrogen-bond acceptors (Lipinski definition) is 3. The third-order valence-corrected chi connectivity index (χ3v) is 3.32. The SMILES string of the molecule is COC(=O)c1ccc(-c2ccncc2)c2ccccc12. The number of ether oxygens (including phenoxy) is 1. The van der Waals surface area contributed by atoms with E-state index in [9.17, 15) is 4.79 Å². The van der Waals surface area contributed by atoms with Crippen LogP contribution in [0.4, 0.5) is 0 Å². The highest BCUT2D eigenvalue weighted by molar-refractivity contribution is 6.09. The minimum Gasteiger partial charge on any atom is -0.465 e. The molecule has 1 heterocycles. The molecule has 20 heavy (non-hydrogen) atoms. The molecule has 3 heteroatoms. The van der Waals surface area contributed by atoms with Crippen molar-refractivity contribution in [3.63, 3.8) is 0 Å². The largest absolute Gasteiger partial charge is 0.465 e. The van der Waals surface area contributed by atoms with E-state index in [1.807, 2.05) is 48.5 Å². The first-order valence-electron chi connectivity index (χ1n) is 6.31. The topological polar surface area (TPSA) is 39.2 Å². The minimum atomic E-state index is -0.317. The average Bonchev–Trinajstić information content (AvgIpc) is 2.54. The first-order chi connectivity index (χ1) is 9.81. The van der Waals surface area contributed by atoms with Gasteiger partial charge in [-0.3, -0.25) is 4.98 Å². The molecule has 0 saturated heterocycles. The molecule has 0 saturated carbocycles. The summed E-state index contributed by atoms with van der Waals surface area (Å²) < 4.78 is 4.84. The summed E-state index contributed by atoms with van der Waals surface area (Å²) in [6.45, 7) is 0. The van der Waals surface area contributed by atoms with E-state index in [2.05, 4.69) is 4.98 Å². The zero-order valence-electron chi connectivity index (χ0n) is 11.0. The summed E-state index contributed by atoms with van der Waals surface area (Å²) in [6.07, 6.45) is 3.52. The van der Waals surface area contributed by atoms with E-state index >= 15 is 0 Å². The highest BCUT2D eigenvalue weighted by Gasteiger charge is 2.12. The average molecular weight is 263 g/mol. The molecule has 0 atom stereocenters. The van der Waals surface area contributed by atoms with Gasteiger partial charge in [0, 0.05) is 12.4 Å². The van der Waals surface area contributed by atoms with Crippen LogP contribution in [-0.2, 0) is 4.74 Å². The summed E-state index contributed by atoms with van der Waals surface area (Å²) in [7, 11) is 1.40. The van der Waals surface area contributed by atoms with Gasteiger partial charge < -0.3 is 4.74 Å². The van der Waals surface area contributed by atoms with Crippen LogP contribution in [0.5, 0.6) is 0 Å². The van der Waals surface area contributed by atoms with E-state index in [-0.39, 0.29) is 5.97 Å². The van der Waals surface area contributed by atoms with E-state index in [1.165, 1.54) is 7.11 Å². The Morgan fingerprint density at radius 3 is 2.35 bits per heavy atom. The van der Waals surface area contributed by atoms with Gasteiger partial charge in [-0.15, -0.1) is 0 Å². The van der Waals surface area contributed by atoms with Gasteiger partial charge in [0.05, 0.1) is 12.7 Å². The van der Waals surface area contributed by atoms with Crippen molar-refractivity contribution in [3.05, 3.63) is 66.5 Å². The molecule has 3 rings (SSSR count). The van der Waals surface area contributed by atoms with Gasteiger partial charge in [-0.25, -0.2) is 4.79 Å². The molecule has 0 amide bonds. The first-order valence-corrected chi connectivity index (χ1v) is 6.31. The summed E-state index contributed by atoms with van der Waals surface area (Å²) in [6, 6.07) is 15.5. The minimum absolute atomic E-state index is 0.317. The number of aromatic nitrogens is 1. The summed E-state index contributed by atoms with van der Waals surface area (Å²) in [4.78, 5) is 15.9. The lowest BCUT2D eigenvalue weighted by atomic mass is 9.95. The molecule has 98 valence electrons. The molecule has 3 aromatic rings. The third kappa shape index (κ3) is 2.03. The van der Waals surface area contributed by atoms with Crippen molar-refractivity contribution in [2.75, 3.05) is 7.11 Å². The Balaban J connectivity index is 2.30. The van der Waals surface area contributed by atoms with Gasteiger partial charge in [-0.2, -0.15) is 0 Å². The Morgan fingerprint density at radius 1 is 0.950 bits per heavy atom. The molecule has 0 bridgehead atoms. The Morgan fingerprint density at radius 2 is 1.65 bits per heavy atom. The van der Waals surface area contributed by atoms with Gasteiger partial charge in [0.15, 0.2) is 0 Å². The van der Waals surface area contributed by atoms with Gasteiger partial charge in [0.1, 0.15) is 0 Å². The number of carbonyl (C=O) groups is 1. The second-order valence-electron chi connectivity index (χ2n) is 4.43. The van der Waals surface area contributed by atoms with Crippen LogP contribution in [0.25, 0.3) is 21.9 Å². The molecule has 0 radical (unpaired) electrons. The maximum absolute atomic E-state index is 11.8. The van der Waals surface area contributed by atoms with Crippen molar-refractivity contribution < 1.29 is 9.53 Å². The zero-order valence-corrected chi connectivity index (χ0v) is 11.0. The Kier molecular flexibility index (Phi) is 3.17. The second kappa shape index (κ2) is 5.13. The van der Waals surface area contributed by atoms with Gasteiger partial charge in [0.2, 0.25) is 0 Å². The normalized spacial score (nSPS) is 10.4. The number of pyridine rings is 1. The number of carbonyl (C=O) groups excluding carboxylic acids is 1. The molecule has 3 nitrogen and oxygen atoms in total. The van der Waals surface area contributed by atoms with E-state index < -0.39 is 0 Å². The van der Waals surface area contributed by atoms with Gasteiger partial charge in [-0.05, 0) is 40.1 Å². The van der Waals surface area contributed by atoms with E-state index in [0.29, 0.717) is 5.56 Å². The maximum Gasteiger partial charge on any atom is 0.338 e. The number of benzene rings is 2. The predicted octanol–water partition coefficient (Wildman–Crippen LogP) is 3.69. The zero-order chi connectivity index (χ0) is 13.9. The van der Waals surface area contributed by atoms with Crippen molar-refractivity contribution in [2.24, 2.45) is 0 Å². The molecule has 1 aromatic heterocycles. The number of esters is 1. The lowest BCUT2D eigenvalue weighted by molar-refractivity contribution is 0.0603. The summed E-state index contributed by atoms with van der Waals surface area (Å²) >= 11 is 0. The molecule has 0 unspecified atom stereocenters. The quantitative estimate of drug-likeness (QED) is 0.662. The van der Waals surface area contributed by atoms with Crippen LogP contribution in [-0.4, -0.2) is 18.1 Å². The van der Waals surface area contributed by atoms with Gasteiger partial charge in [0.25, 0.3) is 0 Å². The lowest BCUT2D eigenvalue weighted by Crippen LogP contribution is -2.02. The van der Waals surface area contributed by atoms with Crippen LogP contribution in [0.3, 0.4) is 0 Å². The Labute approximate surface area is 116 Å². The molecule has 0 aliphatic carbocycles. The Bertz CT molecular complexity index is 766. The third-order valence-electron chi connectivity index (χ3n) is 3.32. The highest BCUT2D eigenvalue weighted by Crippen LogP contribution is 2.30. The maximum atomic E-state index is 11.8. The molecule has 0 aliphatic rings. The Hall–Kier alpha value is -2.68. The molecule has 0 N–H and O–H groups in total. The highest BCUT2D eigenvalue weighted by atomic mass is 16.5. The molecular weight excluding hydrogens is 250 g/mol. The second-order valence-corrected chi connectivity index (χ2v) is 4.43. The summed E-state index contributed by atoms with van der Waals surface area (Å²) in [5.74, 6) is -0.317. The van der Waals surface area contributed by atoms with E-state index in [1.54, 1.807) is 12.4 Å². The predicted molar refractivity (Wildman–Crippen MR) is 78.5 cm³/mol. The van der Waals surface area contributed by atoms with E-state index in [0.717, 1.165) is 21.9 Å². The molecule has 2 aromatic carbocycles. The number of nitrogens with zero attached hydrogens (tertiary/aromatic N) is 1. The number of methoxy groups -OCH3 is 1. The smallest absolute Gasteiger partial charge is 0.338 e. The fraction of sp³-hybridized carbons (Fsp3) is 0.0588. The van der Waals surface area contributed by atoms with Crippen molar-refractivity contribution in [1.29, 1.82) is 0 Å². The fourth-order valence-electron chi connectivity index (χ4n) is 2.37. The van der Waals surface area contributed by atoms with Crippen molar-refractivity contribution in [2.45, 2.75) is 0 Å². The van der Waals surface area contributed by atoms with Gasteiger partial charge in [-0.1, -0.05) is 30.3 Å². The molecule has 0 fully saturated rings. The molecule has 0 aliphatic heterocycles. The summed E-state index contributed by atoms with van der Waals surface area (Å²) in [5.41, 5.74) is 2.74. The monoisotopic (exact) mass is 263 g/mol. The van der Waals surface area contributed by atoms with E-state index in [4.69, 9.17) is 4.74 Å². The van der Waals surface area contributed by atoms with Crippen molar-refractivity contribution in [3.8, 4) is 11.1 Å². The fourth-order valence-corrected chi connectivity index (χ4v) is 2.37. The summed E-state index contributed by atoms with van der Waals surface area (Å²) in [5, 5.41) is 1.93. The molecular formula is C17H13NO2. The van der Waals surface area contributed by atoms with Crippen LogP contribution < -0.4 is 0 Å². The lowest BCUT2D eigenvalue weighted by Gasteiger charge is -2.10. The number of hydrogen-bond donors (Lipinski definition) is 0. The van der Waals surface area contributed by atoms with Crippen molar-refractivity contribution in [1.82, 2.24) is 4.98 Å². The van der Waals surface area contributed by atoms with Crippen LogP contribution in [0.1, 0.15) is 10.4 Å². The van der Waals surface area contributed by atoms with Crippen molar-refractivity contribution >= 4 is 16.7 Å². The standard InChI is InChI=1S/C17H13NO2/c1-20-17(19)16-7-6-13(12-8-10-18-11-9-12)14-4-2-3-5-15(14)16/h2-11H,1H3. The molecule has 0 spiro atoms. The van der Waals surface area contributed by atoms with Crippen LogP contribution in [0.15, 0.2) is 60.9 Å². The van der Waals surface area contributed by atoms with Gasteiger partial charge >= 0.3 is 5.97 Å². The number of fused-ring (bicyclic) bond motifs is 1.